The van der Waals surface area contributed by atoms with Crippen molar-refractivity contribution in [1.29, 1.82) is 0 Å². The van der Waals surface area contributed by atoms with E-state index in [0.717, 1.165) is 10.3 Å². The van der Waals surface area contributed by atoms with Crippen LogP contribution in [-0.2, 0) is 16.2 Å². The van der Waals surface area contributed by atoms with E-state index in [2.05, 4.69) is 4.98 Å². The number of ether oxygens (including phenoxy) is 3. The Bertz CT molecular complexity index is 1870. The van der Waals surface area contributed by atoms with Gasteiger partial charge in [-0.05, 0) is 65.7 Å². The molecule has 1 atom stereocenters. The van der Waals surface area contributed by atoms with Crippen LogP contribution in [0.1, 0.15) is 22.7 Å². The van der Waals surface area contributed by atoms with Gasteiger partial charge in [-0.25, -0.2) is 9.37 Å². The summed E-state index contributed by atoms with van der Waals surface area (Å²) in [6.45, 7) is 0.300. The Labute approximate surface area is 250 Å². The maximum Gasteiger partial charge on any atom is 0.301 e. The number of aliphatic hydroxyl groups is 1. The minimum absolute atomic E-state index is 0.159. The number of benzene rings is 4. The van der Waals surface area contributed by atoms with Crippen molar-refractivity contribution in [2.45, 2.75) is 12.6 Å². The molecule has 6 rings (SSSR count). The Balaban J connectivity index is 1.47. The number of Topliss-reactive ketones (excluding diaryl/α,β-unsaturated/α-hetero) is 1. The highest BCUT2D eigenvalue weighted by Crippen LogP contribution is 2.46. The fourth-order valence-corrected chi connectivity index (χ4v) is 5.96. The normalized spacial score (nSPS) is 16.1. The van der Waals surface area contributed by atoms with Gasteiger partial charge in [0, 0.05) is 5.56 Å². The Hall–Kier alpha value is -5.22. The number of carbonyl (C=O) groups is 2. The number of fused-ring (bicyclic) bond motifs is 1. The van der Waals surface area contributed by atoms with Gasteiger partial charge in [0.1, 0.15) is 23.9 Å². The Morgan fingerprint density at radius 2 is 1.70 bits per heavy atom. The van der Waals surface area contributed by atoms with Crippen LogP contribution < -0.4 is 19.1 Å². The molecule has 1 aromatic heterocycles. The zero-order valence-electron chi connectivity index (χ0n) is 23.1. The SMILES string of the molecule is COc1ccc2nc(N3C(=O)C(=O)C(=C(O)c4ccc(F)cc4)C3c3ccc(OCc4ccccc4)c(OC)c3)sc2c1. The molecule has 1 unspecified atom stereocenters. The third kappa shape index (κ3) is 5.28. The quantitative estimate of drug-likeness (QED) is 0.122. The number of rotatable bonds is 8. The van der Waals surface area contributed by atoms with Crippen molar-refractivity contribution in [2.75, 3.05) is 19.1 Å². The molecule has 1 N–H and O–H groups in total. The largest absolute Gasteiger partial charge is 0.507 e. The molecule has 1 aliphatic heterocycles. The van der Waals surface area contributed by atoms with E-state index in [0.29, 0.717) is 34.9 Å². The molecule has 0 aliphatic carbocycles. The highest BCUT2D eigenvalue weighted by atomic mass is 32.1. The van der Waals surface area contributed by atoms with E-state index in [4.69, 9.17) is 14.2 Å². The van der Waals surface area contributed by atoms with E-state index < -0.39 is 29.3 Å². The first kappa shape index (κ1) is 27.9. The summed E-state index contributed by atoms with van der Waals surface area (Å²) in [5, 5.41) is 11.6. The molecule has 43 heavy (non-hydrogen) atoms. The molecule has 2 heterocycles. The summed E-state index contributed by atoms with van der Waals surface area (Å²) in [6.07, 6.45) is 0. The number of hydrogen-bond donors (Lipinski definition) is 1. The number of aliphatic hydroxyl groups excluding tert-OH is 1. The van der Waals surface area contributed by atoms with Crippen LogP contribution in [-0.4, -0.2) is 36.0 Å². The molecule has 216 valence electrons. The van der Waals surface area contributed by atoms with Gasteiger partial charge in [-0.3, -0.25) is 14.5 Å². The fraction of sp³-hybridized carbons (Fsp3) is 0.121. The third-order valence-electron chi connectivity index (χ3n) is 7.09. The van der Waals surface area contributed by atoms with E-state index in [9.17, 15) is 19.1 Å². The molecule has 0 spiro atoms. The predicted octanol–water partition coefficient (Wildman–Crippen LogP) is 6.66. The summed E-state index contributed by atoms with van der Waals surface area (Å²) in [7, 11) is 3.04. The smallest absolute Gasteiger partial charge is 0.301 e. The van der Waals surface area contributed by atoms with Crippen molar-refractivity contribution >= 4 is 44.1 Å². The van der Waals surface area contributed by atoms with Crippen molar-refractivity contribution in [3.05, 3.63) is 119 Å². The van der Waals surface area contributed by atoms with Gasteiger partial charge in [-0.2, -0.15) is 0 Å². The average molecular weight is 597 g/mol. The molecule has 10 heteroatoms. The van der Waals surface area contributed by atoms with Gasteiger partial charge in [0.25, 0.3) is 5.78 Å². The molecule has 4 aromatic carbocycles. The van der Waals surface area contributed by atoms with Crippen molar-refractivity contribution in [3.63, 3.8) is 0 Å². The van der Waals surface area contributed by atoms with Gasteiger partial charge in [0.15, 0.2) is 16.6 Å². The number of halogens is 1. The maximum absolute atomic E-state index is 13.7. The number of anilines is 1. The van der Waals surface area contributed by atoms with E-state index in [1.54, 1.807) is 43.5 Å². The number of nitrogens with zero attached hydrogens (tertiary/aromatic N) is 2. The van der Waals surface area contributed by atoms with Crippen LogP contribution in [0.15, 0.2) is 96.6 Å². The second kappa shape index (κ2) is 11.6. The summed E-state index contributed by atoms with van der Waals surface area (Å²) in [5.74, 6) is -1.25. The number of carbonyl (C=O) groups excluding carboxylic acids is 2. The molecule has 1 amide bonds. The molecule has 1 aliphatic rings. The van der Waals surface area contributed by atoms with Gasteiger partial charge in [0.05, 0.1) is 36.1 Å². The molecule has 0 saturated carbocycles. The highest BCUT2D eigenvalue weighted by Gasteiger charge is 2.48. The molecular formula is C33H25FN2O6S. The molecule has 1 saturated heterocycles. The molecule has 1 fully saturated rings. The van der Waals surface area contributed by atoms with Crippen LogP contribution in [0.25, 0.3) is 16.0 Å². The second-order valence-electron chi connectivity index (χ2n) is 9.69. The van der Waals surface area contributed by atoms with Crippen LogP contribution in [0.3, 0.4) is 0 Å². The summed E-state index contributed by atoms with van der Waals surface area (Å²) >= 11 is 1.21. The van der Waals surface area contributed by atoms with E-state index in [1.807, 2.05) is 30.3 Å². The number of hydrogen-bond acceptors (Lipinski definition) is 8. The maximum atomic E-state index is 13.7. The topological polar surface area (TPSA) is 98.2 Å². The lowest BCUT2D eigenvalue weighted by Crippen LogP contribution is -2.29. The molecule has 5 aromatic rings. The number of methoxy groups -OCH3 is 2. The fourth-order valence-electron chi connectivity index (χ4n) is 4.94. The summed E-state index contributed by atoms with van der Waals surface area (Å²) in [4.78, 5) is 33.1. The van der Waals surface area contributed by atoms with E-state index in [-0.39, 0.29) is 16.3 Å². The molecule has 0 bridgehead atoms. The first-order valence-electron chi connectivity index (χ1n) is 13.2. The van der Waals surface area contributed by atoms with Gasteiger partial charge in [-0.15, -0.1) is 0 Å². The van der Waals surface area contributed by atoms with Crippen molar-refractivity contribution in [1.82, 2.24) is 4.98 Å². The first-order valence-corrected chi connectivity index (χ1v) is 14.1. The summed E-state index contributed by atoms with van der Waals surface area (Å²) < 4.78 is 31.4. The summed E-state index contributed by atoms with van der Waals surface area (Å²) in [6, 6.07) is 24.0. The van der Waals surface area contributed by atoms with Crippen molar-refractivity contribution < 1.29 is 33.3 Å². The van der Waals surface area contributed by atoms with Crippen molar-refractivity contribution in [3.8, 4) is 17.2 Å². The van der Waals surface area contributed by atoms with Gasteiger partial charge < -0.3 is 19.3 Å². The zero-order chi connectivity index (χ0) is 30.1. The van der Waals surface area contributed by atoms with Crippen LogP contribution >= 0.6 is 11.3 Å². The average Bonchev–Trinajstić information content (AvgIpc) is 3.57. The lowest BCUT2D eigenvalue weighted by Gasteiger charge is -2.24. The number of ketones is 1. The number of thiazole rings is 1. The Morgan fingerprint density at radius 1 is 0.930 bits per heavy atom. The van der Waals surface area contributed by atoms with E-state index in [1.165, 1.54) is 47.6 Å². The second-order valence-corrected chi connectivity index (χ2v) is 10.7. The Morgan fingerprint density at radius 3 is 2.42 bits per heavy atom. The van der Waals surface area contributed by atoms with Crippen molar-refractivity contribution in [2.24, 2.45) is 0 Å². The van der Waals surface area contributed by atoms with Crippen LogP contribution in [0.2, 0.25) is 0 Å². The monoisotopic (exact) mass is 596 g/mol. The highest BCUT2D eigenvalue weighted by molar-refractivity contribution is 7.22. The zero-order valence-corrected chi connectivity index (χ0v) is 23.9. The Kier molecular flexibility index (Phi) is 7.52. The van der Waals surface area contributed by atoms with Crippen LogP contribution in [0.5, 0.6) is 17.2 Å². The van der Waals surface area contributed by atoms with E-state index >= 15 is 0 Å². The minimum Gasteiger partial charge on any atom is -0.507 e. The van der Waals surface area contributed by atoms with Gasteiger partial charge >= 0.3 is 5.91 Å². The lowest BCUT2D eigenvalue weighted by molar-refractivity contribution is -0.132. The minimum atomic E-state index is -1.07. The summed E-state index contributed by atoms with van der Waals surface area (Å²) in [5.41, 5.74) is 2.08. The number of amides is 1. The first-order chi connectivity index (χ1) is 20.9. The van der Waals surface area contributed by atoms with Crippen LogP contribution in [0.4, 0.5) is 9.52 Å². The third-order valence-corrected chi connectivity index (χ3v) is 8.11. The lowest BCUT2D eigenvalue weighted by atomic mass is 9.95. The standard InChI is InChI=1S/C33H25FN2O6S/c1-40-23-13-14-24-27(17-23)43-33(35-24)36-29(28(31(38)32(36)39)30(37)20-8-11-22(34)12-9-20)21-10-15-25(26(16-21)41-2)42-18-19-6-4-3-5-7-19/h3-17,29,37H,18H2,1-2H3. The molecular weight excluding hydrogens is 571 g/mol. The predicted molar refractivity (Wildman–Crippen MR) is 161 cm³/mol. The molecule has 0 radical (unpaired) electrons. The van der Waals surface area contributed by atoms with Gasteiger partial charge in [0.2, 0.25) is 0 Å². The van der Waals surface area contributed by atoms with Crippen LogP contribution in [0, 0.1) is 5.82 Å². The number of aromatic nitrogens is 1. The van der Waals surface area contributed by atoms with Gasteiger partial charge in [-0.1, -0.05) is 47.7 Å². The molecule has 8 nitrogen and oxygen atoms in total.